The molecule has 0 radical (unpaired) electrons. The van der Waals surface area contributed by atoms with Crippen LogP contribution in [0.3, 0.4) is 0 Å². The van der Waals surface area contributed by atoms with Gasteiger partial charge in [0.15, 0.2) is 0 Å². The number of halogens is 1. The van der Waals surface area contributed by atoms with Crippen LogP contribution >= 0.6 is 15.9 Å². The number of anilines is 1. The highest BCUT2D eigenvalue weighted by Gasteiger charge is 2.16. The fourth-order valence-electron chi connectivity index (χ4n) is 1.99. The Balaban J connectivity index is 2.28. The minimum atomic E-state index is -3.29. The first kappa shape index (κ1) is 16.0. The predicted octanol–water partition coefficient (Wildman–Crippen LogP) is 3.07. The number of aromatic nitrogens is 2. The number of rotatable bonds is 5. The van der Waals surface area contributed by atoms with Crippen LogP contribution < -0.4 is 4.72 Å². The van der Waals surface area contributed by atoms with Gasteiger partial charge in [-0.25, -0.2) is 8.42 Å². The molecule has 1 heterocycles. The molecule has 0 saturated heterocycles. The average Bonchev–Trinajstić information content (AvgIpc) is 2.69. The highest BCUT2D eigenvalue weighted by molar-refractivity contribution is 9.10. The maximum atomic E-state index is 11.7. The van der Waals surface area contributed by atoms with Gasteiger partial charge in [-0.2, -0.15) is 5.10 Å². The van der Waals surface area contributed by atoms with Crippen molar-refractivity contribution in [3.63, 3.8) is 0 Å². The van der Waals surface area contributed by atoms with Gasteiger partial charge >= 0.3 is 0 Å². The van der Waals surface area contributed by atoms with Gasteiger partial charge in [-0.3, -0.25) is 9.40 Å². The van der Waals surface area contributed by atoms with Crippen molar-refractivity contribution in [1.29, 1.82) is 0 Å². The average molecular weight is 372 g/mol. The van der Waals surface area contributed by atoms with Crippen molar-refractivity contribution in [2.45, 2.75) is 27.3 Å². The van der Waals surface area contributed by atoms with Crippen LogP contribution in [0, 0.1) is 13.8 Å². The SMILES string of the molecule is CCS(=O)(=O)Nc1c(C)nn(Cc2ccc(Br)cc2)c1C. The van der Waals surface area contributed by atoms with Gasteiger partial charge < -0.3 is 0 Å². The quantitative estimate of drug-likeness (QED) is 0.877. The second kappa shape index (κ2) is 6.19. The maximum absolute atomic E-state index is 11.7. The number of aryl methyl sites for hydroxylation is 1. The van der Waals surface area contributed by atoms with Gasteiger partial charge in [0.2, 0.25) is 10.0 Å². The molecule has 0 unspecified atom stereocenters. The zero-order valence-corrected chi connectivity index (χ0v) is 14.6. The molecular formula is C14H18BrN3O2S. The molecule has 0 bridgehead atoms. The number of nitrogens with one attached hydrogen (secondary N) is 1. The summed E-state index contributed by atoms with van der Waals surface area (Å²) in [6.45, 7) is 5.89. The molecule has 0 saturated carbocycles. The van der Waals surface area contributed by atoms with Crippen LogP contribution in [-0.2, 0) is 16.6 Å². The number of benzene rings is 1. The van der Waals surface area contributed by atoms with Gasteiger partial charge in [0.25, 0.3) is 0 Å². The van der Waals surface area contributed by atoms with Gasteiger partial charge in [0.05, 0.1) is 29.4 Å². The first-order valence-corrected chi connectivity index (χ1v) is 9.06. The lowest BCUT2D eigenvalue weighted by atomic mass is 10.2. The monoisotopic (exact) mass is 371 g/mol. The molecule has 0 aliphatic carbocycles. The molecular weight excluding hydrogens is 354 g/mol. The zero-order valence-electron chi connectivity index (χ0n) is 12.2. The van der Waals surface area contributed by atoms with E-state index in [9.17, 15) is 8.42 Å². The highest BCUT2D eigenvalue weighted by atomic mass is 79.9. The molecule has 1 aromatic heterocycles. The van der Waals surface area contributed by atoms with Crippen LogP contribution in [0.25, 0.3) is 0 Å². The third-order valence-electron chi connectivity index (χ3n) is 3.26. The summed E-state index contributed by atoms with van der Waals surface area (Å²) in [5.41, 5.74) is 3.18. The minimum absolute atomic E-state index is 0.0454. The molecule has 7 heteroatoms. The van der Waals surface area contributed by atoms with Gasteiger partial charge in [-0.15, -0.1) is 0 Å². The van der Waals surface area contributed by atoms with Gasteiger partial charge in [-0.05, 0) is 38.5 Å². The molecule has 1 N–H and O–H groups in total. The molecule has 0 atom stereocenters. The zero-order chi connectivity index (χ0) is 15.6. The van der Waals surface area contributed by atoms with E-state index in [1.807, 2.05) is 35.9 Å². The highest BCUT2D eigenvalue weighted by Crippen LogP contribution is 2.22. The summed E-state index contributed by atoms with van der Waals surface area (Å²) in [5, 5.41) is 4.42. The molecule has 114 valence electrons. The van der Waals surface area contributed by atoms with E-state index in [1.54, 1.807) is 13.8 Å². The van der Waals surface area contributed by atoms with Gasteiger partial charge in [-0.1, -0.05) is 28.1 Å². The lowest BCUT2D eigenvalue weighted by Gasteiger charge is -2.08. The lowest BCUT2D eigenvalue weighted by Crippen LogP contribution is -2.15. The second-order valence-electron chi connectivity index (χ2n) is 4.84. The Bertz CT molecular complexity index is 736. The van der Waals surface area contributed by atoms with Crippen molar-refractivity contribution in [2.24, 2.45) is 0 Å². The van der Waals surface area contributed by atoms with E-state index in [0.29, 0.717) is 17.9 Å². The number of nitrogens with zero attached hydrogens (tertiary/aromatic N) is 2. The first-order chi connectivity index (χ1) is 9.82. The molecule has 0 aliphatic heterocycles. The molecule has 21 heavy (non-hydrogen) atoms. The van der Waals surface area contributed by atoms with E-state index in [1.165, 1.54) is 0 Å². The van der Waals surface area contributed by atoms with Gasteiger partial charge in [0, 0.05) is 4.47 Å². The molecule has 0 spiro atoms. The fraction of sp³-hybridized carbons (Fsp3) is 0.357. The van der Waals surface area contributed by atoms with E-state index in [-0.39, 0.29) is 5.75 Å². The Morgan fingerprint density at radius 1 is 1.24 bits per heavy atom. The summed E-state index contributed by atoms with van der Waals surface area (Å²) < 4.78 is 28.9. The van der Waals surface area contributed by atoms with Crippen molar-refractivity contribution in [3.8, 4) is 0 Å². The van der Waals surface area contributed by atoms with Crippen molar-refractivity contribution < 1.29 is 8.42 Å². The summed E-state index contributed by atoms with van der Waals surface area (Å²) in [5.74, 6) is 0.0454. The van der Waals surface area contributed by atoms with Crippen molar-refractivity contribution in [2.75, 3.05) is 10.5 Å². The molecule has 0 aliphatic rings. The number of hydrogen-bond donors (Lipinski definition) is 1. The second-order valence-corrected chi connectivity index (χ2v) is 7.76. The molecule has 2 rings (SSSR count). The van der Waals surface area contributed by atoms with Crippen LogP contribution in [0.5, 0.6) is 0 Å². The van der Waals surface area contributed by atoms with E-state index in [0.717, 1.165) is 15.7 Å². The van der Waals surface area contributed by atoms with Crippen LogP contribution in [0.4, 0.5) is 5.69 Å². The molecule has 5 nitrogen and oxygen atoms in total. The lowest BCUT2D eigenvalue weighted by molar-refractivity contribution is 0.602. The van der Waals surface area contributed by atoms with E-state index in [2.05, 4.69) is 25.8 Å². The van der Waals surface area contributed by atoms with Crippen LogP contribution in [-0.4, -0.2) is 24.0 Å². The van der Waals surface area contributed by atoms with E-state index >= 15 is 0 Å². The third kappa shape index (κ3) is 3.85. The summed E-state index contributed by atoms with van der Waals surface area (Å²) in [4.78, 5) is 0. The first-order valence-electron chi connectivity index (χ1n) is 6.61. The summed E-state index contributed by atoms with van der Waals surface area (Å²) in [6, 6.07) is 7.97. The fourth-order valence-corrected chi connectivity index (χ4v) is 3.00. The Labute approximate surface area is 133 Å². The van der Waals surface area contributed by atoms with E-state index < -0.39 is 10.0 Å². The maximum Gasteiger partial charge on any atom is 0.232 e. The number of sulfonamides is 1. The topological polar surface area (TPSA) is 64.0 Å². The van der Waals surface area contributed by atoms with Crippen molar-refractivity contribution in [1.82, 2.24) is 9.78 Å². The third-order valence-corrected chi connectivity index (χ3v) is 5.07. The van der Waals surface area contributed by atoms with Crippen LogP contribution in [0.15, 0.2) is 28.7 Å². The van der Waals surface area contributed by atoms with Gasteiger partial charge in [0.1, 0.15) is 0 Å². The number of hydrogen-bond acceptors (Lipinski definition) is 3. The van der Waals surface area contributed by atoms with Crippen molar-refractivity contribution in [3.05, 3.63) is 45.7 Å². The Morgan fingerprint density at radius 3 is 2.43 bits per heavy atom. The normalized spacial score (nSPS) is 11.6. The summed E-state index contributed by atoms with van der Waals surface area (Å²) >= 11 is 3.40. The smallest absolute Gasteiger partial charge is 0.232 e. The van der Waals surface area contributed by atoms with E-state index in [4.69, 9.17) is 0 Å². The molecule has 0 fully saturated rings. The Hall–Kier alpha value is -1.34. The summed E-state index contributed by atoms with van der Waals surface area (Å²) in [6.07, 6.45) is 0. The Kier molecular flexibility index (Phi) is 4.73. The molecule has 1 aromatic carbocycles. The van der Waals surface area contributed by atoms with Crippen molar-refractivity contribution >= 4 is 31.6 Å². The molecule has 0 amide bonds. The predicted molar refractivity (Wildman–Crippen MR) is 88.0 cm³/mol. The Morgan fingerprint density at radius 2 is 1.86 bits per heavy atom. The minimum Gasteiger partial charge on any atom is -0.280 e. The largest absolute Gasteiger partial charge is 0.280 e. The molecule has 2 aromatic rings. The summed E-state index contributed by atoms with van der Waals surface area (Å²) in [7, 11) is -3.29. The standard InChI is InChI=1S/C14H18BrN3O2S/c1-4-21(19,20)17-14-10(2)16-18(11(14)3)9-12-5-7-13(15)8-6-12/h5-8,17H,4,9H2,1-3H3. The van der Waals surface area contributed by atoms with Crippen LogP contribution in [0.1, 0.15) is 23.9 Å². The van der Waals surface area contributed by atoms with Crippen LogP contribution in [0.2, 0.25) is 0 Å².